The minimum atomic E-state index is -4.47. The molecule has 1 aromatic rings. The molecule has 0 spiro atoms. The number of amides is 2. The number of pyridine rings is 1. The summed E-state index contributed by atoms with van der Waals surface area (Å²) in [5.41, 5.74) is 0. The van der Waals surface area contributed by atoms with Crippen LogP contribution >= 0.6 is 0 Å². The van der Waals surface area contributed by atoms with Gasteiger partial charge in [0.1, 0.15) is 11.8 Å². The van der Waals surface area contributed by atoms with E-state index in [4.69, 9.17) is 4.74 Å². The summed E-state index contributed by atoms with van der Waals surface area (Å²) in [7, 11) is 0. The van der Waals surface area contributed by atoms with Crippen molar-refractivity contribution in [2.24, 2.45) is 0 Å². The number of halogens is 3. The van der Waals surface area contributed by atoms with Gasteiger partial charge in [-0.25, -0.2) is 0 Å². The second-order valence-corrected chi connectivity index (χ2v) is 5.55. The van der Waals surface area contributed by atoms with Gasteiger partial charge in [-0.05, 0) is 25.0 Å². The molecule has 9 heteroatoms. The maximum Gasteiger partial charge on any atom is 0.408 e. The molecule has 0 aromatic carbocycles. The van der Waals surface area contributed by atoms with Crippen LogP contribution in [-0.2, 0) is 9.59 Å². The maximum atomic E-state index is 12.9. The van der Waals surface area contributed by atoms with E-state index in [1.165, 1.54) is 6.20 Å². The van der Waals surface area contributed by atoms with Crippen molar-refractivity contribution in [2.75, 3.05) is 13.2 Å². The number of piperidine rings is 1. The van der Waals surface area contributed by atoms with Crippen molar-refractivity contribution in [1.29, 1.82) is 0 Å². The minimum absolute atomic E-state index is 0.145. The third-order valence-electron chi connectivity index (χ3n) is 3.73. The van der Waals surface area contributed by atoms with Crippen molar-refractivity contribution in [3.8, 4) is 5.75 Å². The molecule has 2 atom stereocenters. The first-order valence-corrected chi connectivity index (χ1v) is 7.43. The zero-order chi connectivity index (χ0) is 17.7. The Morgan fingerprint density at radius 3 is 2.75 bits per heavy atom. The molecule has 0 radical (unpaired) electrons. The fourth-order valence-electron chi connectivity index (χ4n) is 2.63. The summed E-state index contributed by atoms with van der Waals surface area (Å²) < 4.78 is 44.1. The lowest BCUT2D eigenvalue weighted by Gasteiger charge is -2.40. The summed E-state index contributed by atoms with van der Waals surface area (Å²) in [4.78, 5) is 27.9. The summed E-state index contributed by atoms with van der Waals surface area (Å²) in [6, 6.07) is 0.954. The number of alkyl halides is 3. The summed E-state index contributed by atoms with van der Waals surface area (Å²) in [5.74, 6) is -0.709. The van der Waals surface area contributed by atoms with E-state index < -0.39 is 30.1 Å². The van der Waals surface area contributed by atoms with Gasteiger partial charge < -0.3 is 15.0 Å². The highest BCUT2D eigenvalue weighted by Crippen LogP contribution is 2.31. The highest BCUT2D eigenvalue weighted by molar-refractivity contribution is 5.78. The lowest BCUT2D eigenvalue weighted by atomic mass is 9.97. The van der Waals surface area contributed by atoms with Gasteiger partial charge >= 0.3 is 6.18 Å². The molecular weight excluding hydrogens is 327 g/mol. The zero-order valence-electron chi connectivity index (χ0n) is 13.0. The zero-order valence-corrected chi connectivity index (χ0v) is 13.0. The average molecular weight is 345 g/mol. The molecule has 0 saturated carbocycles. The molecule has 2 amide bonds. The molecule has 1 aromatic heterocycles. The number of carbonyl (C=O) groups is 2. The second-order valence-electron chi connectivity index (χ2n) is 5.55. The van der Waals surface area contributed by atoms with E-state index in [-0.39, 0.29) is 26.0 Å². The quantitative estimate of drug-likeness (QED) is 0.898. The normalized spacial score (nSPS) is 21.2. The van der Waals surface area contributed by atoms with Crippen LogP contribution in [0.5, 0.6) is 5.75 Å². The van der Waals surface area contributed by atoms with E-state index in [0.29, 0.717) is 5.75 Å². The van der Waals surface area contributed by atoms with Gasteiger partial charge in [0, 0.05) is 25.7 Å². The molecule has 1 aliphatic heterocycles. The fourth-order valence-corrected chi connectivity index (χ4v) is 2.63. The van der Waals surface area contributed by atoms with Crippen LogP contribution in [0.3, 0.4) is 0 Å². The van der Waals surface area contributed by atoms with Crippen LogP contribution in [-0.4, -0.2) is 53.1 Å². The molecule has 1 saturated heterocycles. The van der Waals surface area contributed by atoms with E-state index in [9.17, 15) is 22.8 Å². The Morgan fingerprint density at radius 2 is 2.17 bits per heavy atom. The Hall–Kier alpha value is -2.32. The standard InChI is InChI=1S/C15H18F3N3O3/c1-10(22)21-8-11(4-5-13(21)15(16,17)18)20-14(23)9-24-12-3-2-6-19-7-12/h2-3,6-7,11,13H,4-5,8-9H2,1H3,(H,20,23). The Kier molecular flexibility index (Phi) is 5.63. The van der Waals surface area contributed by atoms with Crippen molar-refractivity contribution in [1.82, 2.24) is 15.2 Å². The Balaban J connectivity index is 1.87. The van der Waals surface area contributed by atoms with Gasteiger partial charge in [0.05, 0.1) is 6.20 Å². The van der Waals surface area contributed by atoms with E-state index in [0.717, 1.165) is 11.8 Å². The van der Waals surface area contributed by atoms with Gasteiger partial charge in [0.15, 0.2) is 6.61 Å². The number of likely N-dealkylation sites (tertiary alicyclic amines) is 1. The second kappa shape index (κ2) is 7.50. The lowest BCUT2D eigenvalue weighted by Crippen LogP contribution is -2.58. The van der Waals surface area contributed by atoms with E-state index in [1.807, 2.05) is 0 Å². The largest absolute Gasteiger partial charge is 0.482 e. The van der Waals surface area contributed by atoms with Crippen LogP contribution < -0.4 is 10.1 Å². The topological polar surface area (TPSA) is 71.5 Å². The molecule has 2 heterocycles. The van der Waals surface area contributed by atoms with Crippen molar-refractivity contribution >= 4 is 11.8 Å². The summed E-state index contributed by atoms with van der Waals surface area (Å²) in [5, 5.41) is 2.60. The average Bonchev–Trinajstić information content (AvgIpc) is 2.53. The lowest BCUT2D eigenvalue weighted by molar-refractivity contribution is -0.196. The molecule has 1 aliphatic rings. The summed E-state index contributed by atoms with van der Waals surface area (Å²) in [6.07, 6.45) is -1.56. The van der Waals surface area contributed by atoms with Crippen molar-refractivity contribution in [3.63, 3.8) is 0 Å². The van der Waals surface area contributed by atoms with Crippen LogP contribution in [0.2, 0.25) is 0 Å². The Morgan fingerprint density at radius 1 is 1.42 bits per heavy atom. The molecule has 2 rings (SSSR count). The van der Waals surface area contributed by atoms with Crippen LogP contribution in [0, 0.1) is 0 Å². The Bertz CT molecular complexity index is 580. The number of aromatic nitrogens is 1. The molecule has 24 heavy (non-hydrogen) atoms. The Labute approximate surface area is 137 Å². The van der Waals surface area contributed by atoms with Gasteiger partial charge in [-0.1, -0.05) is 0 Å². The molecule has 2 unspecified atom stereocenters. The first kappa shape index (κ1) is 18.0. The van der Waals surface area contributed by atoms with E-state index in [1.54, 1.807) is 18.3 Å². The summed E-state index contributed by atoms with van der Waals surface area (Å²) in [6.45, 7) is 0.650. The third kappa shape index (κ3) is 4.84. The number of hydrogen-bond donors (Lipinski definition) is 1. The first-order chi connectivity index (χ1) is 11.3. The number of nitrogens with one attached hydrogen (secondary N) is 1. The molecule has 1 N–H and O–H groups in total. The molecular formula is C15H18F3N3O3. The van der Waals surface area contributed by atoms with Crippen LogP contribution in [0.25, 0.3) is 0 Å². The number of carbonyl (C=O) groups excluding carboxylic acids is 2. The maximum absolute atomic E-state index is 12.9. The molecule has 6 nitrogen and oxygen atoms in total. The third-order valence-corrected chi connectivity index (χ3v) is 3.73. The highest BCUT2D eigenvalue weighted by Gasteiger charge is 2.47. The smallest absolute Gasteiger partial charge is 0.408 e. The predicted octanol–water partition coefficient (Wildman–Crippen LogP) is 1.52. The minimum Gasteiger partial charge on any atom is -0.482 e. The van der Waals surface area contributed by atoms with Crippen LogP contribution in [0.1, 0.15) is 19.8 Å². The molecule has 0 bridgehead atoms. The SMILES string of the molecule is CC(=O)N1CC(NC(=O)COc2cccnc2)CCC1C(F)(F)F. The van der Waals surface area contributed by atoms with Crippen molar-refractivity contribution < 1.29 is 27.5 Å². The van der Waals surface area contributed by atoms with Crippen molar-refractivity contribution in [3.05, 3.63) is 24.5 Å². The first-order valence-electron chi connectivity index (χ1n) is 7.43. The van der Waals surface area contributed by atoms with E-state index in [2.05, 4.69) is 10.3 Å². The molecule has 0 aliphatic carbocycles. The summed E-state index contributed by atoms with van der Waals surface area (Å²) >= 11 is 0. The van der Waals surface area contributed by atoms with Gasteiger partial charge in [-0.2, -0.15) is 13.2 Å². The number of ether oxygens (including phenoxy) is 1. The van der Waals surface area contributed by atoms with Gasteiger partial charge in [0.25, 0.3) is 5.91 Å². The monoisotopic (exact) mass is 345 g/mol. The fraction of sp³-hybridized carbons (Fsp3) is 0.533. The number of nitrogens with zero attached hydrogens (tertiary/aromatic N) is 2. The highest BCUT2D eigenvalue weighted by atomic mass is 19.4. The van der Waals surface area contributed by atoms with Crippen molar-refractivity contribution in [2.45, 2.75) is 38.0 Å². The molecule has 1 fully saturated rings. The predicted molar refractivity (Wildman–Crippen MR) is 78.1 cm³/mol. The van der Waals surface area contributed by atoms with E-state index >= 15 is 0 Å². The van der Waals surface area contributed by atoms with Crippen LogP contribution in [0.4, 0.5) is 13.2 Å². The van der Waals surface area contributed by atoms with Gasteiger partial charge in [-0.3, -0.25) is 14.6 Å². The van der Waals surface area contributed by atoms with Gasteiger partial charge in [-0.15, -0.1) is 0 Å². The molecule has 132 valence electrons. The number of hydrogen-bond acceptors (Lipinski definition) is 4. The van der Waals surface area contributed by atoms with Crippen LogP contribution in [0.15, 0.2) is 24.5 Å². The number of rotatable bonds is 4. The van der Waals surface area contributed by atoms with Gasteiger partial charge in [0.2, 0.25) is 5.91 Å².